The Kier molecular flexibility index (Phi) is 5.60. The third-order valence-electron chi connectivity index (χ3n) is 6.06. The minimum absolute atomic E-state index is 0.0821. The Balaban J connectivity index is 1.27. The predicted molar refractivity (Wildman–Crippen MR) is 125 cm³/mol. The lowest BCUT2D eigenvalue weighted by Crippen LogP contribution is -2.48. The summed E-state index contributed by atoms with van der Waals surface area (Å²) in [6.07, 6.45) is 1.76. The second-order valence-corrected chi connectivity index (χ2v) is 8.03. The number of carbonyl (C=O) groups excluding carboxylic acids is 1. The molecule has 6 nitrogen and oxygen atoms in total. The Bertz CT molecular complexity index is 1220. The van der Waals surface area contributed by atoms with Gasteiger partial charge in [0.2, 0.25) is 0 Å². The van der Waals surface area contributed by atoms with Crippen molar-refractivity contribution in [3.8, 4) is 11.4 Å². The van der Waals surface area contributed by atoms with E-state index in [-0.39, 0.29) is 5.91 Å². The maximum absolute atomic E-state index is 13.2. The summed E-state index contributed by atoms with van der Waals surface area (Å²) in [5, 5.41) is 7.09. The van der Waals surface area contributed by atoms with Gasteiger partial charge in [-0.15, -0.1) is 0 Å². The highest BCUT2D eigenvalue weighted by Crippen LogP contribution is 2.23. The Morgan fingerprint density at radius 2 is 1.62 bits per heavy atom. The summed E-state index contributed by atoms with van der Waals surface area (Å²) >= 11 is 0. The first kappa shape index (κ1) is 20.3. The van der Waals surface area contributed by atoms with Gasteiger partial charge in [0, 0.05) is 32.7 Å². The van der Waals surface area contributed by atoms with Gasteiger partial charge in [-0.1, -0.05) is 60.7 Å². The van der Waals surface area contributed by atoms with E-state index in [0.717, 1.165) is 25.3 Å². The molecule has 0 bridgehead atoms. The number of hydrogen-bond donors (Lipinski definition) is 0. The monoisotopic (exact) mass is 426 g/mol. The standard InChI is InChI=1S/C26H26N4O2/c1-32-24-19-30(22-11-3-2-4-12-22)27-25(24)26(31)29-16-14-28(15-17-29)18-21-10-7-9-20-8-5-6-13-23(20)21/h2-13,19H,14-18H2,1H3. The van der Waals surface area contributed by atoms with E-state index in [1.807, 2.05) is 35.2 Å². The molecule has 1 fully saturated rings. The number of methoxy groups -OCH3 is 1. The van der Waals surface area contributed by atoms with Crippen molar-refractivity contribution in [2.75, 3.05) is 33.3 Å². The number of carbonyl (C=O) groups is 1. The normalized spacial score (nSPS) is 14.6. The molecular formula is C26H26N4O2. The van der Waals surface area contributed by atoms with E-state index in [9.17, 15) is 4.79 Å². The predicted octanol–water partition coefficient (Wildman–Crippen LogP) is 3.99. The maximum Gasteiger partial charge on any atom is 0.278 e. The SMILES string of the molecule is COc1cn(-c2ccccc2)nc1C(=O)N1CCN(Cc2cccc3ccccc23)CC1. The van der Waals surface area contributed by atoms with Crippen molar-refractivity contribution in [2.45, 2.75) is 6.54 Å². The van der Waals surface area contributed by atoms with Gasteiger partial charge in [-0.3, -0.25) is 9.69 Å². The van der Waals surface area contributed by atoms with Crippen molar-refractivity contribution >= 4 is 16.7 Å². The third kappa shape index (κ3) is 3.97. The molecule has 1 amide bonds. The fourth-order valence-electron chi connectivity index (χ4n) is 4.30. The Labute approximate surface area is 187 Å². The van der Waals surface area contributed by atoms with Crippen LogP contribution in [0.5, 0.6) is 5.75 Å². The van der Waals surface area contributed by atoms with Crippen molar-refractivity contribution < 1.29 is 9.53 Å². The second-order valence-electron chi connectivity index (χ2n) is 8.03. The van der Waals surface area contributed by atoms with Crippen LogP contribution in [0.25, 0.3) is 16.5 Å². The number of fused-ring (bicyclic) bond motifs is 1. The van der Waals surface area contributed by atoms with Gasteiger partial charge in [-0.25, -0.2) is 4.68 Å². The summed E-state index contributed by atoms with van der Waals surface area (Å²) in [6.45, 7) is 3.89. The molecule has 1 aromatic heterocycles. The zero-order valence-electron chi connectivity index (χ0n) is 18.1. The highest BCUT2D eigenvalue weighted by atomic mass is 16.5. The molecule has 0 unspecified atom stereocenters. The molecule has 0 saturated carbocycles. The van der Waals surface area contributed by atoms with Crippen LogP contribution in [0.15, 0.2) is 79.0 Å². The lowest BCUT2D eigenvalue weighted by Gasteiger charge is -2.34. The number of ether oxygens (including phenoxy) is 1. The largest absolute Gasteiger partial charge is 0.493 e. The molecule has 6 heteroatoms. The van der Waals surface area contributed by atoms with E-state index >= 15 is 0 Å². The average molecular weight is 427 g/mol. The minimum Gasteiger partial charge on any atom is -0.493 e. The summed E-state index contributed by atoms with van der Waals surface area (Å²) in [4.78, 5) is 17.5. The van der Waals surface area contributed by atoms with Gasteiger partial charge in [0.05, 0.1) is 19.0 Å². The van der Waals surface area contributed by atoms with Crippen LogP contribution in [-0.2, 0) is 6.54 Å². The first-order chi connectivity index (χ1) is 15.7. The van der Waals surface area contributed by atoms with Crippen LogP contribution in [-0.4, -0.2) is 58.8 Å². The third-order valence-corrected chi connectivity index (χ3v) is 6.06. The van der Waals surface area contributed by atoms with Crippen LogP contribution >= 0.6 is 0 Å². The summed E-state index contributed by atoms with van der Waals surface area (Å²) < 4.78 is 7.16. The highest BCUT2D eigenvalue weighted by molar-refractivity contribution is 5.95. The molecule has 0 N–H and O–H groups in total. The van der Waals surface area contributed by atoms with Crippen LogP contribution in [0.2, 0.25) is 0 Å². The van der Waals surface area contributed by atoms with Gasteiger partial charge < -0.3 is 9.64 Å². The maximum atomic E-state index is 13.2. The quantitative estimate of drug-likeness (QED) is 0.484. The number of benzene rings is 3. The number of rotatable bonds is 5. The molecule has 1 saturated heterocycles. The summed E-state index contributed by atoms with van der Waals surface area (Å²) in [5.41, 5.74) is 2.58. The van der Waals surface area contributed by atoms with Crippen LogP contribution in [0.1, 0.15) is 16.1 Å². The second kappa shape index (κ2) is 8.85. The van der Waals surface area contributed by atoms with Gasteiger partial charge in [-0.05, 0) is 28.5 Å². The van der Waals surface area contributed by atoms with Crippen LogP contribution < -0.4 is 4.74 Å². The van der Waals surface area contributed by atoms with Crippen molar-refractivity contribution in [1.29, 1.82) is 0 Å². The Morgan fingerprint density at radius 3 is 2.41 bits per heavy atom. The lowest BCUT2D eigenvalue weighted by atomic mass is 10.0. The number of piperazine rings is 1. The average Bonchev–Trinajstić information content (AvgIpc) is 3.29. The van der Waals surface area contributed by atoms with Crippen LogP contribution in [0, 0.1) is 0 Å². The fraction of sp³-hybridized carbons (Fsp3) is 0.231. The van der Waals surface area contributed by atoms with E-state index in [2.05, 4.69) is 52.5 Å². The number of amides is 1. The van der Waals surface area contributed by atoms with Crippen molar-refractivity contribution in [3.05, 3.63) is 90.3 Å². The lowest BCUT2D eigenvalue weighted by molar-refractivity contribution is 0.0619. The van der Waals surface area contributed by atoms with Gasteiger partial charge in [0.25, 0.3) is 5.91 Å². The summed E-state index contributed by atoms with van der Waals surface area (Å²) in [6, 6.07) is 24.7. The molecule has 4 aromatic rings. The molecule has 1 aliphatic heterocycles. The molecule has 2 heterocycles. The molecule has 5 rings (SSSR count). The minimum atomic E-state index is -0.0821. The van der Waals surface area contributed by atoms with Gasteiger partial charge in [0.1, 0.15) is 0 Å². The number of aromatic nitrogens is 2. The summed E-state index contributed by atoms with van der Waals surface area (Å²) in [7, 11) is 1.57. The number of hydrogen-bond acceptors (Lipinski definition) is 4. The highest BCUT2D eigenvalue weighted by Gasteiger charge is 2.27. The molecule has 162 valence electrons. The first-order valence-corrected chi connectivity index (χ1v) is 10.9. The van der Waals surface area contributed by atoms with E-state index in [1.54, 1.807) is 18.0 Å². The number of nitrogens with zero attached hydrogens (tertiary/aromatic N) is 4. The van der Waals surface area contributed by atoms with Crippen molar-refractivity contribution in [1.82, 2.24) is 19.6 Å². The molecule has 0 atom stereocenters. The Hall–Kier alpha value is -3.64. The van der Waals surface area contributed by atoms with E-state index in [1.165, 1.54) is 16.3 Å². The van der Waals surface area contributed by atoms with E-state index in [4.69, 9.17) is 4.74 Å². The van der Waals surface area contributed by atoms with Crippen LogP contribution in [0.3, 0.4) is 0 Å². The summed E-state index contributed by atoms with van der Waals surface area (Å²) in [5.74, 6) is 0.415. The molecular weight excluding hydrogens is 400 g/mol. The van der Waals surface area contributed by atoms with E-state index in [0.29, 0.717) is 24.5 Å². The topological polar surface area (TPSA) is 50.6 Å². The molecule has 0 aliphatic carbocycles. The molecule has 1 aliphatic rings. The molecule has 0 radical (unpaired) electrons. The van der Waals surface area contributed by atoms with Gasteiger partial charge >= 0.3 is 0 Å². The van der Waals surface area contributed by atoms with Crippen molar-refractivity contribution in [2.24, 2.45) is 0 Å². The Morgan fingerprint density at radius 1 is 0.906 bits per heavy atom. The van der Waals surface area contributed by atoms with Gasteiger partial charge in [0.15, 0.2) is 11.4 Å². The van der Waals surface area contributed by atoms with Crippen molar-refractivity contribution in [3.63, 3.8) is 0 Å². The zero-order chi connectivity index (χ0) is 21.9. The molecule has 3 aromatic carbocycles. The molecule has 32 heavy (non-hydrogen) atoms. The van der Waals surface area contributed by atoms with Gasteiger partial charge in [-0.2, -0.15) is 5.10 Å². The molecule has 0 spiro atoms. The zero-order valence-corrected chi connectivity index (χ0v) is 18.1. The van der Waals surface area contributed by atoms with E-state index < -0.39 is 0 Å². The first-order valence-electron chi connectivity index (χ1n) is 10.9. The van der Waals surface area contributed by atoms with Crippen LogP contribution in [0.4, 0.5) is 0 Å². The smallest absolute Gasteiger partial charge is 0.278 e. The fourth-order valence-corrected chi connectivity index (χ4v) is 4.30. The number of para-hydroxylation sites is 1.